The Kier molecular flexibility index (Phi) is 5.95. The molecule has 0 aliphatic carbocycles. The highest BCUT2D eigenvalue weighted by atomic mass is 16.2. The summed E-state index contributed by atoms with van der Waals surface area (Å²) in [5.41, 5.74) is 4.51. The van der Waals surface area contributed by atoms with Gasteiger partial charge in [-0.25, -0.2) is 14.8 Å². The van der Waals surface area contributed by atoms with Gasteiger partial charge in [0, 0.05) is 32.3 Å². The zero-order valence-corrected chi connectivity index (χ0v) is 19.0. The van der Waals surface area contributed by atoms with E-state index >= 15 is 0 Å². The number of aryl methyl sites for hydroxylation is 2. The minimum atomic E-state index is -0.107. The van der Waals surface area contributed by atoms with Gasteiger partial charge in [0.1, 0.15) is 12.1 Å². The number of pyridine rings is 1. The molecule has 5 rings (SSSR count). The second-order valence-corrected chi connectivity index (χ2v) is 8.23. The normalized spacial score (nSPS) is 11.3. The molecule has 8 heteroatoms. The van der Waals surface area contributed by atoms with Crippen LogP contribution in [0.3, 0.4) is 0 Å². The lowest BCUT2D eigenvalue weighted by molar-refractivity contribution is -0.121. The number of nitrogens with zero attached hydrogens (tertiary/aromatic N) is 5. The number of carbonyl (C=O) groups is 1. The third kappa shape index (κ3) is 4.10. The van der Waals surface area contributed by atoms with Gasteiger partial charge in [-0.15, -0.1) is 0 Å². The first kappa shape index (κ1) is 21.6. The molecule has 1 amide bonds. The molecule has 0 aliphatic heterocycles. The van der Waals surface area contributed by atoms with Crippen molar-refractivity contribution in [2.75, 3.05) is 0 Å². The average Bonchev–Trinajstić information content (AvgIpc) is 3.41. The summed E-state index contributed by atoms with van der Waals surface area (Å²) >= 11 is 0. The second kappa shape index (κ2) is 9.35. The Morgan fingerprint density at radius 3 is 2.29 bits per heavy atom. The molecule has 0 spiro atoms. The van der Waals surface area contributed by atoms with Gasteiger partial charge in [0.2, 0.25) is 5.91 Å². The lowest BCUT2D eigenvalue weighted by Crippen LogP contribution is -2.28. The zero-order chi connectivity index (χ0) is 23.5. The van der Waals surface area contributed by atoms with Crippen molar-refractivity contribution in [2.24, 2.45) is 0 Å². The Balaban J connectivity index is 1.22. The van der Waals surface area contributed by atoms with Crippen LogP contribution in [0.5, 0.6) is 0 Å². The summed E-state index contributed by atoms with van der Waals surface area (Å²) in [6.45, 7) is 3.43. The SMILES string of the molecule is CCCn1c(=O)n(CCC(=O)NCc2ccc(-n3cnc4ccccc43)nc2)c2ccccc21. The van der Waals surface area contributed by atoms with Gasteiger partial charge in [-0.1, -0.05) is 37.3 Å². The third-order valence-corrected chi connectivity index (χ3v) is 5.93. The Morgan fingerprint density at radius 1 is 0.882 bits per heavy atom. The number of amides is 1. The predicted octanol–water partition coefficient (Wildman–Crippen LogP) is 3.65. The Hall–Kier alpha value is -4.20. The van der Waals surface area contributed by atoms with Crippen LogP contribution in [0.1, 0.15) is 25.3 Å². The minimum absolute atomic E-state index is 0.0670. The van der Waals surface area contributed by atoms with E-state index in [1.165, 1.54) is 0 Å². The van der Waals surface area contributed by atoms with E-state index in [2.05, 4.69) is 15.3 Å². The summed E-state index contributed by atoms with van der Waals surface area (Å²) in [6, 6.07) is 19.5. The Bertz CT molecular complexity index is 1510. The number of rotatable bonds is 8. The van der Waals surface area contributed by atoms with E-state index in [1.54, 1.807) is 21.7 Å². The molecule has 34 heavy (non-hydrogen) atoms. The van der Waals surface area contributed by atoms with Crippen molar-refractivity contribution < 1.29 is 4.79 Å². The fourth-order valence-electron chi connectivity index (χ4n) is 4.24. The van der Waals surface area contributed by atoms with Crippen LogP contribution in [0.4, 0.5) is 0 Å². The van der Waals surface area contributed by atoms with Gasteiger partial charge in [0.15, 0.2) is 0 Å². The van der Waals surface area contributed by atoms with E-state index in [4.69, 9.17) is 0 Å². The van der Waals surface area contributed by atoms with E-state index < -0.39 is 0 Å². The molecule has 8 nitrogen and oxygen atoms in total. The standard InChI is InChI=1S/C26H26N6O2/c1-2-14-30-22-9-5-6-10-23(22)31(26(30)34)15-13-25(33)28-17-19-11-12-24(27-16-19)32-18-29-20-7-3-4-8-21(20)32/h3-12,16,18H,2,13-15,17H2,1H3,(H,28,33). The van der Waals surface area contributed by atoms with E-state index in [0.29, 0.717) is 19.6 Å². The van der Waals surface area contributed by atoms with Crippen molar-refractivity contribution in [1.82, 2.24) is 29.0 Å². The van der Waals surface area contributed by atoms with Crippen LogP contribution in [0, 0.1) is 0 Å². The van der Waals surface area contributed by atoms with Crippen LogP contribution >= 0.6 is 0 Å². The van der Waals surface area contributed by atoms with Crippen molar-refractivity contribution in [2.45, 2.75) is 39.4 Å². The van der Waals surface area contributed by atoms with Crippen molar-refractivity contribution in [3.63, 3.8) is 0 Å². The highest BCUT2D eigenvalue weighted by molar-refractivity contribution is 5.78. The topological polar surface area (TPSA) is 86.7 Å². The fraction of sp³-hybridized carbons (Fsp3) is 0.231. The highest BCUT2D eigenvalue weighted by Gasteiger charge is 2.13. The molecular formula is C26H26N6O2. The summed E-state index contributed by atoms with van der Waals surface area (Å²) in [6.07, 6.45) is 4.62. The van der Waals surface area contributed by atoms with E-state index in [-0.39, 0.29) is 18.0 Å². The van der Waals surface area contributed by atoms with Crippen molar-refractivity contribution in [1.29, 1.82) is 0 Å². The number of hydrogen-bond donors (Lipinski definition) is 1. The van der Waals surface area contributed by atoms with Crippen LogP contribution < -0.4 is 11.0 Å². The maximum Gasteiger partial charge on any atom is 0.329 e. The molecule has 0 radical (unpaired) electrons. The number of benzene rings is 2. The zero-order valence-electron chi connectivity index (χ0n) is 19.0. The fourth-order valence-corrected chi connectivity index (χ4v) is 4.24. The molecule has 0 unspecified atom stereocenters. The minimum Gasteiger partial charge on any atom is -0.352 e. The monoisotopic (exact) mass is 454 g/mol. The second-order valence-electron chi connectivity index (χ2n) is 8.23. The predicted molar refractivity (Wildman–Crippen MR) is 132 cm³/mol. The molecule has 0 saturated heterocycles. The maximum absolute atomic E-state index is 12.9. The highest BCUT2D eigenvalue weighted by Crippen LogP contribution is 2.17. The molecule has 0 fully saturated rings. The Morgan fingerprint density at radius 2 is 1.59 bits per heavy atom. The van der Waals surface area contributed by atoms with Gasteiger partial charge in [0.25, 0.3) is 0 Å². The quantitative estimate of drug-likeness (QED) is 0.388. The molecule has 0 saturated carbocycles. The average molecular weight is 455 g/mol. The molecule has 2 aromatic carbocycles. The van der Waals surface area contributed by atoms with Gasteiger partial charge in [-0.05, 0) is 42.3 Å². The van der Waals surface area contributed by atoms with Gasteiger partial charge in [-0.3, -0.25) is 18.5 Å². The van der Waals surface area contributed by atoms with Crippen molar-refractivity contribution in [3.8, 4) is 5.82 Å². The summed E-state index contributed by atoms with van der Waals surface area (Å²) in [7, 11) is 0. The number of imidazole rings is 2. The van der Waals surface area contributed by atoms with Gasteiger partial charge < -0.3 is 5.32 Å². The number of aromatic nitrogens is 5. The van der Waals surface area contributed by atoms with E-state index in [1.807, 2.05) is 72.2 Å². The first-order chi connectivity index (χ1) is 16.7. The molecule has 1 N–H and O–H groups in total. The van der Waals surface area contributed by atoms with Crippen LogP contribution in [-0.4, -0.2) is 29.6 Å². The first-order valence-electron chi connectivity index (χ1n) is 11.5. The Labute approximate surface area is 196 Å². The van der Waals surface area contributed by atoms with Gasteiger partial charge >= 0.3 is 5.69 Å². The molecule has 172 valence electrons. The molecule has 5 aromatic rings. The van der Waals surface area contributed by atoms with Gasteiger partial charge in [0.05, 0.1) is 22.1 Å². The largest absolute Gasteiger partial charge is 0.352 e. The molecule has 0 bridgehead atoms. The summed E-state index contributed by atoms with van der Waals surface area (Å²) in [4.78, 5) is 34.3. The van der Waals surface area contributed by atoms with Crippen LogP contribution in [0.15, 0.2) is 78.0 Å². The smallest absolute Gasteiger partial charge is 0.329 e. The number of nitrogens with one attached hydrogen (secondary N) is 1. The maximum atomic E-state index is 12.9. The van der Waals surface area contributed by atoms with Crippen LogP contribution in [-0.2, 0) is 24.4 Å². The molecule has 0 atom stereocenters. The number of carbonyl (C=O) groups excluding carboxylic acids is 1. The van der Waals surface area contributed by atoms with E-state index in [9.17, 15) is 9.59 Å². The number of fused-ring (bicyclic) bond motifs is 2. The van der Waals surface area contributed by atoms with Crippen LogP contribution in [0.2, 0.25) is 0 Å². The van der Waals surface area contributed by atoms with Gasteiger partial charge in [-0.2, -0.15) is 0 Å². The molecular weight excluding hydrogens is 428 g/mol. The third-order valence-electron chi connectivity index (χ3n) is 5.93. The summed E-state index contributed by atoms with van der Waals surface area (Å²) in [5.74, 6) is 0.663. The molecule has 3 heterocycles. The first-order valence-corrected chi connectivity index (χ1v) is 11.5. The molecule has 3 aromatic heterocycles. The number of para-hydroxylation sites is 4. The molecule has 0 aliphatic rings. The lowest BCUT2D eigenvalue weighted by Gasteiger charge is -2.08. The summed E-state index contributed by atoms with van der Waals surface area (Å²) in [5, 5.41) is 2.93. The lowest BCUT2D eigenvalue weighted by atomic mass is 10.2. The summed E-state index contributed by atoms with van der Waals surface area (Å²) < 4.78 is 5.41. The van der Waals surface area contributed by atoms with Crippen molar-refractivity contribution in [3.05, 3.63) is 89.2 Å². The van der Waals surface area contributed by atoms with E-state index in [0.717, 1.165) is 39.9 Å². The van der Waals surface area contributed by atoms with Crippen molar-refractivity contribution >= 4 is 28.0 Å². The number of hydrogen-bond acceptors (Lipinski definition) is 4. The van der Waals surface area contributed by atoms with Crippen LogP contribution in [0.25, 0.3) is 27.9 Å².